The third-order valence-electron chi connectivity index (χ3n) is 5.30. The summed E-state index contributed by atoms with van der Waals surface area (Å²) in [7, 11) is 1.66. The maximum atomic E-state index is 14.8. The lowest BCUT2D eigenvalue weighted by atomic mass is 10.0. The Morgan fingerprint density at radius 3 is 2.57 bits per heavy atom. The molecule has 30 heavy (non-hydrogen) atoms. The van der Waals surface area contributed by atoms with Gasteiger partial charge in [0.1, 0.15) is 11.6 Å². The number of methoxy groups -OCH3 is 1. The molecular formula is C25H26FNO2S. The van der Waals surface area contributed by atoms with Crippen LogP contribution in [0.4, 0.5) is 4.39 Å². The molecular weight excluding hydrogens is 397 g/mol. The molecule has 1 saturated heterocycles. The lowest BCUT2D eigenvalue weighted by Crippen LogP contribution is -2.44. The van der Waals surface area contributed by atoms with E-state index < -0.39 is 0 Å². The summed E-state index contributed by atoms with van der Waals surface area (Å²) in [5.74, 6) is 0.592. The second kappa shape index (κ2) is 10.1. The zero-order valence-electron chi connectivity index (χ0n) is 17.0. The second-order valence-electron chi connectivity index (χ2n) is 7.34. The van der Waals surface area contributed by atoms with E-state index in [0.29, 0.717) is 12.2 Å². The molecule has 1 unspecified atom stereocenters. The molecule has 3 aromatic rings. The van der Waals surface area contributed by atoms with E-state index >= 15 is 0 Å². The van der Waals surface area contributed by atoms with Crippen LogP contribution in [0.1, 0.15) is 16.4 Å². The van der Waals surface area contributed by atoms with Crippen LogP contribution in [0.25, 0.3) is 0 Å². The first-order valence-electron chi connectivity index (χ1n) is 10.2. The normalized spacial score (nSPS) is 18.1. The van der Waals surface area contributed by atoms with Gasteiger partial charge in [0.05, 0.1) is 30.0 Å². The molecule has 0 spiro atoms. The summed E-state index contributed by atoms with van der Waals surface area (Å²) >= 11 is 1.61. The summed E-state index contributed by atoms with van der Waals surface area (Å²) < 4.78 is 26.5. The molecule has 0 radical (unpaired) electrons. The fourth-order valence-corrected chi connectivity index (χ4v) is 5.13. The number of morpholine rings is 1. The van der Waals surface area contributed by atoms with Crippen molar-refractivity contribution >= 4 is 11.8 Å². The first kappa shape index (κ1) is 20.9. The molecule has 3 nitrogen and oxygen atoms in total. The van der Waals surface area contributed by atoms with Crippen molar-refractivity contribution in [2.75, 3.05) is 26.8 Å². The smallest absolute Gasteiger partial charge is 0.132 e. The number of ether oxygens (including phenoxy) is 2. The monoisotopic (exact) mass is 423 g/mol. The fraction of sp³-hybridized carbons (Fsp3) is 0.280. The number of para-hydroxylation sites is 1. The highest BCUT2D eigenvalue weighted by atomic mass is 32.2. The van der Waals surface area contributed by atoms with Gasteiger partial charge in [-0.05, 0) is 23.8 Å². The van der Waals surface area contributed by atoms with E-state index in [9.17, 15) is 4.39 Å². The average molecular weight is 424 g/mol. The van der Waals surface area contributed by atoms with Crippen LogP contribution >= 0.6 is 11.8 Å². The van der Waals surface area contributed by atoms with E-state index in [2.05, 4.69) is 29.2 Å². The van der Waals surface area contributed by atoms with Crippen LogP contribution < -0.4 is 4.74 Å². The van der Waals surface area contributed by atoms with Crippen molar-refractivity contribution in [1.29, 1.82) is 0 Å². The molecule has 2 atom stereocenters. The van der Waals surface area contributed by atoms with Gasteiger partial charge in [0.25, 0.3) is 0 Å². The highest BCUT2D eigenvalue weighted by molar-refractivity contribution is 7.99. The predicted molar refractivity (Wildman–Crippen MR) is 119 cm³/mol. The van der Waals surface area contributed by atoms with E-state index in [1.54, 1.807) is 24.9 Å². The Labute approximate surface area is 181 Å². The van der Waals surface area contributed by atoms with Crippen molar-refractivity contribution in [1.82, 2.24) is 4.90 Å². The average Bonchev–Trinajstić information content (AvgIpc) is 2.79. The van der Waals surface area contributed by atoms with Gasteiger partial charge in [-0.1, -0.05) is 60.7 Å². The zero-order chi connectivity index (χ0) is 20.8. The highest BCUT2D eigenvalue weighted by Crippen LogP contribution is 2.44. The Bertz CT molecular complexity index is 953. The molecule has 4 rings (SSSR count). The van der Waals surface area contributed by atoms with Gasteiger partial charge in [-0.25, -0.2) is 4.39 Å². The van der Waals surface area contributed by atoms with Gasteiger partial charge in [0.2, 0.25) is 0 Å². The molecule has 1 fully saturated rings. The summed E-state index contributed by atoms with van der Waals surface area (Å²) in [6.07, 6.45) is -0.130. The summed E-state index contributed by atoms with van der Waals surface area (Å²) in [4.78, 5) is 3.37. The van der Waals surface area contributed by atoms with Crippen LogP contribution in [0.5, 0.6) is 5.75 Å². The minimum Gasteiger partial charge on any atom is -0.496 e. The molecule has 0 aromatic heterocycles. The van der Waals surface area contributed by atoms with E-state index in [4.69, 9.17) is 9.47 Å². The Hall–Kier alpha value is -2.34. The summed E-state index contributed by atoms with van der Waals surface area (Å²) in [5, 5.41) is -0.180. The van der Waals surface area contributed by atoms with Gasteiger partial charge in [0.15, 0.2) is 0 Å². The Kier molecular flexibility index (Phi) is 7.05. The van der Waals surface area contributed by atoms with Crippen LogP contribution in [0.15, 0.2) is 83.8 Å². The predicted octanol–water partition coefficient (Wildman–Crippen LogP) is 5.57. The second-order valence-corrected chi connectivity index (χ2v) is 8.52. The molecule has 0 amide bonds. The van der Waals surface area contributed by atoms with Crippen LogP contribution in [0.2, 0.25) is 0 Å². The summed E-state index contributed by atoms with van der Waals surface area (Å²) in [6, 6.07) is 25.3. The highest BCUT2D eigenvalue weighted by Gasteiger charge is 2.32. The maximum Gasteiger partial charge on any atom is 0.132 e. The largest absolute Gasteiger partial charge is 0.496 e. The van der Waals surface area contributed by atoms with Crippen molar-refractivity contribution in [3.05, 3.63) is 95.8 Å². The van der Waals surface area contributed by atoms with E-state index in [1.807, 2.05) is 42.5 Å². The van der Waals surface area contributed by atoms with E-state index in [-0.39, 0.29) is 17.2 Å². The maximum absolute atomic E-state index is 14.8. The Morgan fingerprint density at radius 1 is 1.03 bits per heavy atom. The van der Waals surface area contributed by atoms with Crippen molar-refractivity contribution in [2.45, 2.75) is 22.8 Å². The number of thioether (sulfide) groups is 1. The minimum absolute atomic E-state index is 0.130. The van der Waals surface area contributed by atoms with Gasteiger partial charge < -0.3 is 9.47 Å². The number of hydrogen-bond donors (Lipinski definition) is 0. The van der Waals surface area contributed by atoms with Crippen molar-refractivity contribution in [3.8, 4) is 5.75 Å². The topological polar surface area (TPSA) is 21.7 Å². The van der Waals surface area contributed by atoms with Crippen molar-refractivity contribution < 1.29 is 13.9 Å². The molecule has 1 aliphatic heterocycles. The molecule has 5 heteroatoms. The first-order chi connectivity index (χ1) is 14.7. The van der Waals surface area contributed by atoms with E-state index in [0.717, 1.165) is 30.3 Å². The molecule has 156 valence electrons. The molecule has 1 aliphatic rings. The number of halogens is 1. The number of hydrogen-bond acceptors (Lipinski definition) is 4. The van der Waals surface area contributed by atoms with Crippen molar-refractivity contribution in [3.63, 3.8) is 0 Å². The minimum atomic E-state index is -0.200. The number of benzene rings is 3. The van der Waals surface area contributed by atoms with Crippen LogP contribution in [-0.4, -0.2) is 37.8 Å². The molecule has 3 aromatic carbocycles. The molecule has 0 bridgehead atoms. The number of nitrogens with zero attached hydrogens (tertiary/aromatic N) is 1. The molecule has 0 aliphatic carbocycles. The van der Waals surface area contributed by atoms with Crippen molar-refractivity contribution in [2.24, 2.45) is 0 Å². The van der Waals surface area contributed by atoms with Gasteiger partial charge in [0, 0.05) is 25.2 Å². The third kappa shape index (κ3) is 5.04. The lowest BCUT2D eigenvalue weighted by Gasteiger charge is -2.37. The standard InChI is InChI=1S/C25H26FNO2S/c1-28-22-13-7-8-14-24(22)30-25(20-11-5-6-12-21(20)26)23-18-27(15-16-29-23)17-19-9-3-2-4-10-19/h2-14,23,25H,15-18H2,1H3/t23-,25?/m1/s1. The number of rotatable bonds is 7. The van der Waals surface area contributed by atoms with Crippen LogP contribution in [-0.2, 0) is 11.3 Å². The van der Waals surface area contributed by atoms with Gasteiger partial charge in [-0.15, -0.1) is 11.8 Å². The SMILES string of the molecule is COc1ccccc1SC(c1ccccc1F)[C@H]1CN(Cc2ccccc2)CCO1. The summed E-state index contributed by atoms with van der Waals surface area (Å²) in [6.45, 7) is 3.11. The third-order valence-corrected chi connectivity index (χ3v) is 6.70. The van der Waals surface area contributed by atoms with Crippen LogP contribution in [0.3, 0.4) is 0 Å². The fourth-order valence-electron chi connectivity index (χ4n) is 3.80. The molecule has 0 N–H and O–H groups in total. The zero-order valence-corrected chi connectivity index (χ0v) is 17.9. The summed E-state index contributed by atoms with van der Waals surface area (Å²) in [5.41, 5.74) is 1.94. The Morgan fingerprint density at radius 2 is 1.77 bits per heavy atom. The van der Waals surface area contributed by atoms with Crippen LogP contribution in [0, 0.1) is 5.82 Å². The van der Waals surface area contributed by atoms with Gasteiger partial charge >= 0.3 is 0 Å². The van der Waals surface area contributed by atoms with Gasteiger partial charge in [-0.2, -0.15) is 0 Å². The molecule has 1 heterocycles. The quantitative estimate of drug-likeness (QED) is 0.463. The molecule has 0 saturated carbocycles. The van der Waals surface area contributed by atoms with Gasteiger partial charge in [-0.3, -0.25) is 4.90 Å². The van der Waals surface area contributed by atoms with E-state index in [1.165, 1.54) is 11.6 Å². The Balaban J connectivity index is 1.59. The first-order valence-corrected chi connectivity index (χ1v) is 11.0. The lowest BCUT2D eigenvalue weighted by molar-refractivity contribution is -0.0323.